The Hall–Kier alpha value is -3.47. The smallest absolute Gasteiger partial charge is 0.243 e. The lowest BCUT2D eigenvalue weighted by Crippen LogP contribution is -2.51. The number of rotatable bonds is 9. The largest absolute Gasteiger partial charge is 0.380 e. The second-order valence-electron chi connectivity index (χ2n) is 9.91. The highest BCUT2D eigenvalue weighted by molar-refractivity contribution is 5.78. The van der Waals surface area contributed by atoms with Crippen molar-refractivity contribution in [2.45, 2.75) is 46.1 Å². The molecular formula is C25H38N10O. The fourth-order valence-electron chi connectivity index (χ4n) is 4.66. The normalized spacial score (nSPS) is 15.1. The molecule has 1 fully saturated rings. The van der Waals surface area contributed by atoms with Gasteiger partial charge in [-0.15, -0.1) is 5.10 Å². The minimum absolute atomic E-state index is 0.176. The van der Waals surface area contributed by atoms with Crippen molar-refractivity contribution in [3.05, 3.63) is 35.3 Å². The van der Waals surface area contributed by atoms with Crippen LogP contribution >= 0.6 is 0 Å². The highest BCUT2D eigenvalue weighted by atomic mass is 16.2. The number of imidazole rings is 1. The molecule has 0 aromatic carbocycles. The molecule has 0 saturated carbocycles. The molecule has 0 aliphatic carbocycles. The van der Waals surface area contributed by atoms with Crippen molar-refractivity contribution in [1.29, 1.82) is 0 Å². The molecule has 1 atom stereocenters. The van der Waals surface area contributed by atoms with Gasteiger partial charge in [0.1, 0.15) is 5.82 Å². The predicted octanol–water partition coefficient (Wildman–Crippen LogP) is 1.81. The van der Waals surface area contributed by atoms with Gasteiger partial charge in [-0.05, 0) is 45.5 Å². The van der Waals surface area contributed by atoms with Gasteiger partial charge in [0.2, 0.25) is 11.9 Å². The van der Waals surface area contributed by atoms with Gasteiger partial charge in [-0.25, -0.2) is 14.5 Å². The van der Waals surface area contributed by atoms with Gasteiger partial charge in [-0.3, -0.25) is 4.79 Å². The van der Waals surface area contributed by atoms with Crippen LogP contribution < -0.4 is 16.0 Å². The molecule has 4 rings (SSSR count). The fraction of sp³-hybridized carbons (Fsp3) is 0.560. The van der Waals surface area contributed by atoms with E-state index in [0.29, 0.717) is 43.5 Å². The van der Waals surface area contributed by atoms with Gasteiger partial charge in [0.05, 0.1) is 18.4 Å². The number of amides is 1. The van der Waals surface area contributed by atoms with E-state index in [1.54, 1.807) is 10.7 Å². The number of fused-ring (bicyclic) bond motifs is 1. The summed E-state index contributed by atoms with van der Waals surface area (Å²) in [4.78, 5) is 32.1. The monoisotopic (exact) mass is 494 g/mol. The maximum Gasteiger partial charge on any atom is 0.243 e. The number of nitrogens with two attached hydrogens (primary N) is 1. The molecule has 11 nitrogen and oxygen atoms in total. The average Bonchev–Trinajstić information content (AvgIpc) is 3.22. The number of nitrogen functional groups attached to an aromatic ring is 1. The lowest BCUT2D eigenvalue weighted by atomic mass is 10.1. The SMILES string of the molecule is CCCC(C)Nc1nc(N)c2ncc(Cc3cnc(N4CCN(C(=O)CN(C)C)CC4)c(C)c3)n2n1. The summed E-state index contributed by atoms with van der Waals surface area (Å²) in [6.45, 7) is 9.78. The van der Waals surface area contributed by atoms with Crippen LogP contribution in [0.2, 0.25) is 0 Å². The summed E-state index contributed by atoms with van der Waals surface area (Å²) in [5, 5.41) is 7.99. The molecular weight excluding hydrogens is 456 g/mol. The number of piperazine rings is 1. The maximum absolute atomic E-state index is 12.4. The Bertz CT molecular complexity index is 1200. The lowest BCUT2D eigenvalue weighted by Gasteiger charge is -2.36. The molecule has 0 bridgehead atoms. The quantitative estimate of drug-likeness (QED) is 0.459. The molecule has 36 heavy (non-hydrogen) atoms. The van der Waals surface area contributed by atoms with Crippen LogP contribution in [0.1, 0.15) is 43.5 Å². The number of pyridine rings is 1. The zero-order chi connectivity index (χ0) is 25.8. The van der Waals surface area contributed by atoms with Crippen molar-refractivity contribution >= 4 is 29.1 Å². The van der Waals surface area contributed by atoms with E-state index in [-0.39, 0.29) is 11.9 Å². The summed E-state index contributed by atoms with van der Waals surface area (Å²) in [6, 6.07) is 2.42. The molecule has 3 N–H and O–H groups in total. The number of anilines is 3. The lowest BCUT2D eigenvalue weighted by molar-refractivity contribution is -0.132. The number of nitrogens with one attached hydrogen (secondary N) is 1. The van der Waals surface area contributed by atoms with E-state index in [1.807, 2.05) is 30.1 Å². The summed E-state index contributed by atoms with van der Waals surface area (Å²) in [7, 11) is 3.84. The van der Waals surface area contributed by atoms with Crippen molar-refractivity contribution in [3.63, 3.8) is 0 Å². The Morgan fingerprint density at radius 1 is 1.19 bits per heavy atom. The first-order chi connectivity index (χ1) is 17.2. The van der Waals surface area contributed by atoms with Crippen LogP contribution in [0.3, 0.4) is 0 Å². The number of likely N-dealkylation sites (N-methyl/N-ethyl adjacent to an activating group) is 1. The van der Waals surface area contributed by atoms with Gasteiger partial charge in [0.15, 0.2) is 11.5 Å². The van der Waals surface area contributed by atoms with Gasteiger partial charge in [0, 0.05) is 44.8 Å². The van der Waals surface area contributed by atoms with E-state index in [1.165, 1.54) is 0 Å². The van der Waals surface area contributed by atoms with Gasteiger partial charge in [0.25, 0.3) is 0 Å². The molecule has 1 saturated heterocycles. The first-order valence-corrected chi connectivity index (χ1v) is 12.6. The zero-order valence-electron chi connectivity index (χ0n) is 22.0. The Morgan fingerprint density at radius 2 is 1.94 bits per heavy atom. The third-order valence-corrected chi connectivity index (χ3v) is 6.43. The molecule has 1 aliphatic rings. The van der Waals surface area contributed by atoms with Crippen LogP contribution in [0, 0.1) is 6.92 Å². The van der Waals surface area contributed by atoms with E-state index < -0.39 is 0 Å². The van der Waals surface area contributed by atoms with E-state index in [0.717, 1.165) is 48.6 Å². The minimum atomic E-state index is 0.176. The average molecular weight is 495 g/mol. The van der Waals surface area contributed by atoms with Crippen molar-refractivity contribution in [2.24, 2.45) is 0 Å². The van der Waals surface area contributed by atoms with Crippen LogP contribution in [-0.2, 0) is 11.2 Å². The number of hydrogen-bond acceptors (Lipinski definition) is 9. The third kappa shape index (κ3) is 5.84. The summed E-state index contributed by atoms with van der Waals surface area (Å²) in [5.74, 6) is 2.01. The maximum atomic E-state index is 12.4. The second kappa shape index (κ2) is 11.1. The fourth-order valence-corrected chi connectivity index (χ4v) is 4.66. The summed E-state index contributed by atoms with van der Waals surface area (Å²) in [5.41, 5.74) is 9.84. The highest BCUT2D eigenvalue weighted by Gasteiger charge is 2.23. The minimum Gasteiger partial charge on any atom is -0.380 e. The van der Waals surface area contributed by atoms with Gasteiger partial charge in [-0.1, -0.05) is 19.4 Å². The summed E-state index contributed by atoms with van der Waals surface area (Å²) >= 11 is 0. The molecule has 194 valence electrons. The summed E-state index contributed by atoms with van der Waals surface area (Å²) < 4.78 is 1.77. The molecule has 3 aromatic heterocycles. The Balaban J connectivity index is 1.46. The summed E-state index contributed by atoms with van der Waals surface area (Å²) in [6.07, 6.45) is 6.44. The molecule has 0 radical (unpaired) electrons. The van der Waals surface area contributed by atoms with Crippen LogP contribution in [0.15, 0.2) is 18.5 Å². The second-order valence-corrected chi connectivity index (χ2v) is 9.91. The van der Waals surface area contributed by atoms with Gasteiger partial charge in [-0.2, -0.15) is 4.98 Å². The van der Waals surface area contributed by atoms with Crippen molar-refractivity contribution < 1.29 is 4.79 Å². The van der Waals surface area contributed by atoms with E-state index in [9.17, 15) is 4.79 Å². The molecule has 1 unspecified atom stereocenters. The molecule has 3 aromatic rings. The predicted molar refractivity (Wildman–Crippen MR) is 142 cm³/mol. The van der Waals surface area contributed by atoms with E-state index in [2.05, 4.69) is 52.1 Å². The number of nitrogens with zero attached hydrogens (tertiary/aromatic N) is 8. The Morgan fingerprint density at radius 3 is 2.61 bits per heavy atom. The number of carbonyl (C=O) groups is 1. The number of aryl methyl sites for hydroxylation is 1. The molecule has 1 amide bonds. The Kier molecular flexibility index (Phi) is 7.88. The van der Waals surface area contributed by atoms with Crippen molar-refractivity contribution in [3.8, 4) is 0 Å². The molecule has 0 spiro atoms. The first kappa shape index (κ1) is 25.6. The standard InChI is InChI=1S/C25H38N10O/c1-6-7-18(3)29-25-30-22(26)24-28-15-20(35(24)31-25)13-19-12-17(2)23(27-14-19)34-10-8-33(9-11-34)21(36)16-32(4)5/h12,14-15,18H,6-11,13,16H2,1-5H3,(H3,26,29,30,31). The van der Waals surface area contributed by atoms with Crippen LogP contribution in [0.4, 0.5) is 17.6 Å². The van der Waals surface area contributed by atoms with Gasteiger partial charge < -0.3 is 25.8 Å². The van der Waals surface area contributed by atoms with Crippen LogP contribution in [0.25, 0.3) is 5.65 Å². The van der Waals surface area contributed by atoms with Crippen molar-refractivity contribution in [1.82, 2.24) is 34.4 Å². The molecule has 11 heteroatoms. The van der Waals surface area contributed by atoms with E-state index >= 15 is 0 Å². The first-order valence-electron chi connectivity index (χ1n) is 12.6. The van der Waals surface area contributed by atoms with Crippen LogP contribution in [-0.4, -0.2) is 93.1 Å². The third-order valence-electron chi connectivity index (χ3n) is 6.43. The number of hydrogen-bond donors (Lipinski definition) is 2. The Labute approximate surface area is 212 Å². The number of aromatic nitrogens is 5. The van der Waals surface area contributed by atoms with E-state index in [4.69, 9.17) is 10.7 Å². The zero-order valence-corrected chi connectivity index (χ0v) is 22.0. The van der Waals surface area contributed by atoms with Gasteiger partial charge >= 0.3 is 0 Å². The van der Waals surface area contributed by atoms with Crippen molar-refractivity contribution in [2.75, 3.05) is 62.8 Å². The topological polar surface area (TPSA) is 121 Å². The van der Waals surface area contributed by atoms with Crippen LogP contribution in [0.5, 0.6) is 0 Å². The molecule has 4 heterocycles. The number of carbonyl (C=O) groups excluding carboxylic acids is 1. The molecule has 1 aliphatic heterocycles. The highest BCUT2D eigenvalue weighted by Crippen LogP contribution is 2.22.